The van der Waals surface area contributed by atoms with E-state index in [2.05, 4.69) is 39.8 Å². The van der Waals surface area contributed by atoms with E-state index in [4.69, 9.17) is 11.0 Å². The van der Waals surface area contributed by atoms with Gasteiger partial charge in [0.25, 0.3) is 0 Å². The van der Waals surface area contributed by atoms with Crippen LogP contribution in [-0.2, 0) is 5.67 Å². The van der Waals surface area contributed by atoms with Gasteiger partial charge in [0.15, 0.2) is 5.84 Å². The third kappa shape index (κ3) is 4.81. The molecular weight excluding hydrogens is 391 g/mol. The molecule has 0 aliphatic carbocycles. The van der Waals surface area contributed by atoms with Crippen molar-refractivity contribution in [1.29, 1.82) is 5.26 Å². The molecule has 0 amide bonds. The zero-order valence-electron chi connectivity index (χ0n) is 17.7. The lowest BCUT2D eigenvalue weighted by molar-refractivity contribution is 0.0794. The molecule has 3 rings (SSSR count). The van der Waals surface area contributed by atoms with E-state index in [1.807, 2.05) is 25.1 Å². The molecule has 0 spiro atoms. The Balaban J connectivity index is 1.76. The molecule has 2 aromatic carbocycles. The van der Waals surface area contributed by atoms with Crippen molar-refractivity contribution < 1.29 is 4.39 Å². The topological polar surface area (TPSA) is 89.8 Å². The Morgan fingerprint density at radius 1 is 1.26 bits per heavy atom. The monoisotopic (exact) mass is 418 g/mol. The maximum atomic E-state index is 15.6. The van der Waals surface area contributed by atoms with Crippen molar-refractivity contribution in [2.45, 2.75) is 25.4 Å². The molecule has 0 atom stereocenters. The summed E-state index contributed by atoms with van der Waals surface area (Å²) in [5.41, 5.74) is 9.03. The lowest BCUT2D eigenvalue weighted by atomic mass is 9.85. The van der Waals surface area contributed by atoms with Gasteiger partial charge in [0.2, 0.25) is 0 Å². The van der Waals surface area contributed by atoms with Gasteiger partial charge in [0, 0.05) is 43.9 Å². The van der Waals surface area contributed by atoms with Crippen LogP contribution in [0, 0.1) is 18.3 Å². The highest BCUT2D eigenvalue weighted by molar-refractivity contribution is 6.00. The first-order chi connectivity index (χ1) is 14.9. The lowest BCUT2D eigenvalue weighted by Gasteiger charge is -2.39. The number of nitrogens with one attached hydrogen (secondary N) is 1. The Kier molecular flexibility index (Phi) is 6.83. The normalized spacial score (nSPS) is 15.8. The van der Waals surface area contributed by atoms with Crippen LogP contribution in [0.1, 0.15) is 40.7 Å². The molecule has 6 nitrogen and oxygen atoms in total. The molecule has 7 heteroatoms. The zero-order valence-corrected chi connectivity index (χ0v) is 17.7. The fourth-order valence-corrected chi connectivity index (χ4v) is 3.85. The van der Waals surface area contributed by atoms with Crippen LogP contribution in [0.5, 0.6) is 0 Å². The van der Waals surface area contributed by atoms with Gasteiger partial charge >= 0.3 is 0 Å². The van der Waals surface area contributed by atoms with E-state index in [0.29, 0.717) is 42.9 Å². The number of nitrogens with zero attached hydrogens (tertiary/aromatic N) is 4. The zero-order chi connectivity index (χ0) is 22.4. The van der Waals surface area contributed by atoms with Gasteiger partial charge in [0.05, 0.1) is 18.3 Å². The molecule has 31 heavy (non-hydrogen) atoms. The van der Waals surface area contributed by atoms with Gasteiger partial charge in [-0.1, -0.05) is 30.8 Å². The van der Waals surface area contributed by atoms with Crippen LogP contribution in [0.15, 0.2) is 59.2 Å². The lowest BCUT2D eigenvalue weighted by Crippen LogP contribution is -2.39. The van der Waals surface area contributed by atoms with Crippen LogP contribution in [0.4, 0.5) is 4.39 Å². The molecule has 160 valence electrons. The Morgan fingerprint density at radius 2 is 1.94 bits per heavy atom. The van der Waals surface area contributed by atoms with Gasteiger partial charge in [-0.15, -0.1) is 5.10 Å². The molecule has 1 saturated heterocycles. The van der Waals surface area contributed by atoms with Crippen LogP contribution < -0.4 is 11.1 Å². The molecular formula is C24H27FN6. The van der Waals surface area contributed by atoms with Crippen molar-refractivity contribution in [2.24, 2.45) is 15.9 Å². The minimum Gasteiger partial charge on any atom is -0.371 e. The molecule has 1 fully saturated rings. The third-order valence-electron chi connectivity index (χ3n) is 5.74. The number of nitriles is 1. The van der Waals surface area contributed by atoms with Gasteiger partial charge in [0.1, 0.15) is 5.67 Å². The molecule has 0 aromatic heterocycles. The second-order valence-corrected chi connectivity index (χ2v) is 7.59. The summed E-state index contributed by atoms with van der Waals surface area (Å²) in [6.07, 6.45) is 0.719. The molecule has 0 radical (unpaired) electrons. The number of alkyl halides is 1. The Bertz CT molecular complexity index is 1030. The maximum absolute atomic E-state index is 15.6. The van der Waals surface area contributed by atoms with Gasteiger partial charge in [-0.3, -0.25) is 0 Å². The van der Waals surface area contributed by atoms with Crippen molar-refractivity contribution in [3.63, 3.8) is 0 Å². The van der Waals surface area contributed by atoms with Crippen LogP contribution in [0.2, 0.25) is 0 Å². The van der Waals surface area contributed by atoms with Crippen LogP contribution in [-0.4, -0.2) is 37.2 Å². The van der Waals surface area contributed by atoms with Crippen molar-refractivity contribution in [1.82, 2.24) is 10.2 Å². The van der Waals surface area contributed by atoms with Gasteiger partial charge in [-0.25, -0.2) is 4.39 Å². The van der Waals surface area contributed by atoms with Crippen LogP contribution >= 0.6 is 0 Å². The number of hydrogen-bond donors (Lipinski definition) is 2. The minimum atomic E-state index is -1.40. The number of benzene rings is 2. The number of likely N-dealkylation sites (tertiary alicyclic amines) is 1. The highest BCUT2D eigenvalue weighted by Crippen LogP contribution is 2.39. The van der Waals surface area contributed by atoms with E-state index in [1.165, 1.54) is 0 Å². The van der Waals surface area contributed by atoms with Gasteiger partial charge < -0.3 is 16.0 Å². The summed E-state index contributed by atoms with van der Waals surface area (Å²) < 4.78 is 15.6. The van der Waals surface area contributed by atoms with E-state index >= 15 is 4.39 Å². The SMILES string of the molecule is C=N/N=C(\NCN)c1cc(C(=C)N2CCC(F)(c3ccc(C#N)cc3)CC2)ccc1C. The van der Waals surface area contributed by atoms with Crippen LogP contribution in [0.25, 0.3) is 5.70 Å². The van der Waals surface area contributed by atoms with E-state index in [9.17, 15) is 0 Å². The van der Waals surface area contributed by atoms with Crippen LogP contribution in [0.3, 0.4) is 0 Å². The first-order valence-electron chi connectivity index (χ1n) is 10.1. The molecule has 1 aliphatic heterocycles. The molecule has 2 aromatic rings. The van der Waals surface area contributed by atoms with Crippen molar-refractivity contribution in [2.75, 3.05) is 19.8 Å². The fraction of sp³-hybridized carbons (Fsp3) is 0.292. The molecule has 1 heterocycles. The summed E-state index contributed by atoms with van der Waals surface area (Å²) in [6.45, 7) is 11.0. The molecule has 0 saturated carbocycles. The largest absolute Gasteiger partial charge is 0.371 e. The minimum absolute atomic E-state index is 0.221. The predicted octanol–water partition coefficient (Wildman–Crippen LogP) is 3.67. The number of hydrogen-bond acceptors (Lipinski definition) is 5. The molecule has 0 unspecified atom stereocenters. The average Bonchev–Trinajstić information content (AvgIpc) is 2.79. The number of aryl methyl sites for hydroxylation is 1. The third-order valence-corrected chi connectivity index (χ3v) is 5.74. The Morgan fingerprint density at radius 3 is 2.52 bits per heavy atom. The summed E-state index contributed by atoms with van der Waals surface area (Å²) in [4.78, 5) is 2.11. The molecule has 1 aliphatic rings. The number of halogens is 1. The summed E-state index contributed by atoms with van der Waals surface area (Å²) in [5.74, 6) is 0.548. The quantitative estimate of drug-likeness (QED) is 0.324. The van der Waals surface area contributed by atoms with Gasteiger partial charge in [-0.2, -0.15) is 10.4 Å². The first kappa shape index (κ1) is 22.2. The summed E-state index contributed by atoms with van der Waals surface area (Å²) >= 11 is 0. The standard InChI is InChI=1S/C24H27FN6/c1-17-4-7-20(14-22(17)23(29-16-27)30-28-3)18(2)31-12-10-24(25,11-13-31)21-8-5-19(15-26)6-9-21/h4-9,14H,2-3,10-13,16,27H2,1H3,(H,29,30). The van der Waals surface area contributed by atoms with Gasteiger partial charge in [-0.05, 0) is 41.8 Å². The van der Waals surface area contributed by atoms with E-state index in [1.54, 1.807) is 24.3 Å². The number of piperidine rings is 1. The summed E-state index contributed by atoms with van der Waals surface area (Å²) in [7, 11) is 0. The second-order valence-electron chi connectivity index (χ2n) is 7.59. The average molecular weight is 419 g/mol. The molecule has 3 N–H and O–H groups in total. The summed E-state index contributed by atoms with van der Waals surface area (Å²) in [5, 5.41) is 19.6. The fourth-order valence-electron chi connectivity index (χ4n) is 3.85. The second kappa shape index (κ2) is 9.54. The smallest absolute Gasteiger partial charge is 0.157 e. The molecule has 0 bridgehead atoms. The van der Waals surface area contributed by atoms with E-state index in [0.717, 1.165) is 22.4 Å². The Hall–Kier alpha value is -3.50. The highest BCUT2D eigenvalue weighted by Gasteiger charge is 2.36. The predicted molar refractivity (Wildman–Crippen MR) is 123 cm³/mol. The van der Waals surface area contributed by atoms with Crippen molar-refractivity contribution in [3.8, 4) is 6.07 Å². The maximum Gasteiger partial charge on any atom is 0.157 e. The number of nitrogens with two attached hydrogens (primary N) is 1. The highest BCUT2D eigenvalue weighted by atomic mass is 19.1. The summed E-state index contributed by atoms with van der Waals surface area (Å²) in [6, 6.07) is 14.8. The van der Waals surface area contributed by atoms with Crippen molar-refractivity contribution >= 4 is 18.3 Å². The number of rotatable bonds is 6. The first-order valence-corrected chi connectivity index (χ1v) is 10.1. The van der Waals surface area contributed by atoms with E-state index in [-0.39, 0.29) is 6.67 Å². The number of amidine groups is 1. The van der Waals surface area contributed by atoms with Crippen molar-refractivity contribution in [3.05, 3.63) is 76.9 Å². The van der Waals surface area contributed by atoms with E-state index < -0.39 is 5.67 Å². The Labute approximate surface area is 182 Å².